The summed E-state index contributed by atoms with van der Waals surface area (Å²) in [6.07, 6.45) is 0.374. The molecule has 0 saturated carbocycles. The molecule has 0 radical (unpaired) electrons. The van der Waals surface area contributed by atoms with E-state index in [1.807, 2.05) is 24.3 Å². The second kappa shape index (κ2) is 9.66. The summed E-state index contributed by atoms with van der Waals surface area (Å²) in [4.78, 5) is 15.2. The van der Waals surface area contributed by atoms with E-state index < -0.39 is 17.6 Å². The van der Waals surface area contributed by atoms with Gasteiger partial charge in [-0.05, 0) is 68.2 Å². The second-order valence-corrected chi connectivity index (χ2v) is 7.99. The molecular formula is C24H25F3N4O2. The molecule has 0 spiro atoms. The summed E-state index contributed by atoms with van der Waals surface area (Å²) in [5.41, 5.74) is 1.13. The van der Waals surface area contributed by atoms with Gasteiger partial charge in [0.05, 0.1) is 24.6 Å². The van der Waals surface area contributed by atoms with Crippen LogP contribution >= 0.6 is 0 Å². The first kappa shape index (κ1) is 22.8. The van der Waals surface area contributed by atoms with E-state index in [1.165, 1.54) is 48.5 Å². The third kappa shape index (κ3) is 5.54. The number of benzene rings is 2. The van der Waals surface area contributed by atoms with Crippen molar-refractivity contribution >= 4 is 11.6 Å². The number of hydrogen-bond donors (Lipinski definition) is 1. The Morgan fingerprint density at radius 1 is 1.12 bits per heavy atom. The maximum atomic E-state index is 13.0. The first-order chi connectivity index (χ1) is 15.8. The number of rotatable bonds is 7. The lowest BCUT2D eigenvalue weighted by Gasteiger charge is -2.14. The number of amides is 1. The third-order valence-corrected chi connectivity index (χ3v) is 5.68. The van der Waals surface area contributed by atoms with Gasteiger partial charge in [-0.3, -0.25) is 4.79 Å². The largest absolute Gasteiger partial charge is 0.493 e. The topological polar surface area (TPSA) is 59.4 Å². The molecule has 0 atom stereocenters. The number of anilines is 1. The molecule has 4 rings (SSSR count). The van der Waals surface area contributed by atoms with Crippen molar-refractivity contribution in [3.05, 3.63) is 71.5 Å². The Labute approximate surface area is 190 Å². The highest BCUT2D eigenvalue weighted by molar-refractivity contribution is 6.04. The molecule has 1 saturated heterocycles. The van der Waals surface area contributed by atoms with Crippen LogP contribution in [0.25, 0.3) is 5.69 Å². The molecule has 0 bridgehead atoms. The number of carbonyl (C=O) groups excluding carboxylic acids is 1. The van der Waals surface area contributed by atoms with Gasteiger partial charge in [0.15, 0.2) is 11.4 Å². The summed E-state index contributed by atoms with van der Waals surface area (Å²) in [5, 5.41) is 6.94. The first-order valence-corrected chi connectivity index (χ1v) is 10.8. The number of methoxy groups -OCH3 is 1. The second-order valence-electron chi connectivity index (χ2n) is 7.99. The summed E-state index contributed by atoms with van der Waals surface area (Å²) in [6, 6.07) is 12.3. The van der Waals surface area contributed by atoms with Gasteiger partial charge in [-0.1, -0.05) is 18.2 Å². The standard InChI is InChI=1S/C24H25F3N4O2/c1-33-21-16-31(20-6-4-5-18(15-20)24(25,26)27)29-22(21)23(32)28-19-9-7-17(8-10-19)11-14-30-12-2-3-13-30/h4-10,15-16H,2-3,11-14H2,1H3,(H,28,32). The van der Waals surface area contributed by atoms with Gasteiger partial charge in [0.2, 0.25) is 0 Å². The van der Waals surface area contributed by atoms with Crippen LogP contribution in [-0.4, -0.2) is 47.3 Å². The Kier molecular flexibility index (Phi) is 6.69. The molecule has 1 N–H and O–H groups in total. The molecule has 2 aromatic carbocycles. The van der Waals surface area contributed by atoms with Crippen molar-refractivity contribution in [3.8, 4) is 11.4 Å². The van der Waals surface area contributed by atoms with Crippen LogP contribution in [0.4, 0.5) is 18.9 Å². The third-order valence-electron chi connectivity index (χ3n) is 5.68. The van der Waals surface area contributed by atoms with E-state index in [1.54, 1.807) is 0 Å². The molecular weight excluding hydrogens is 433 g/mol. The highest BCUT2D eigenvalue weighted by Crippen LogP contribution is 2.31. The summed E-state index contributed by atoms with van der Waals surface area (Å²) in [7, 11) is 1.37. The fraction of sp³-hybridized carbons (Fsp3) is 0.333. The van der Waals surface area contributed by atoms with E-state index in [4.69, 9.17) is 4.74 Å². The molecule has 6 nitrogen and oxygen atoms in total. The average Bonchev–Trinajstić information content (AvgIpc) is 3.48. The summed E-state index contributed by atoms with van der Waals surface area (Å²) < 4.78 is 45.5. The van der Waals surface area contributed by atoms with Crippen molar-refractivity contribution in [1.29, 1.82) is 0 Å². The molecule has 1 amide bonds. The Balaban J connectivity index is 1.45. The smallest absolute Gasteiger partial charge is 0.416 e. The van der Waals surface area contributed by atoms with Gasteiger partial charge in [-0.2, -0.15) is 18.3 Å². The minimum atomic E-state index is -4.48. The lowest BCUT2D eigenvalue weighted by Crippen LogP contribution is -2.21. The zero-order valence-electron chi connectivity index (χ0n) is 18.2. The highest BCUT2D eigenvalue weighted by Gasteiger charge is 2.30. The van der Waals surface area contributed by atoms with Crippen molar-refractivity contribution in [2.75, 3.05) is 32.1 Å². The SMILES string of the molecule is COc1cn(-c2cccc(C(F)(F)F)c2)nc1C(=O)Nc1ccc(CCN2CCCC2)cc1. The van der Waals surface area contributed by atoms with Crippen LogP contribution in [0.15, 0.2) is 54.7 Å². The van der Waals surface area contributed by atoms with Crippen LogP contribution in [0.2, 0.25) is 0 Å². The van der Waals surface area contributed by atoms with E-state index in [0.29, 0.717) is 5.69 Å². The zero-order chi connectivity index (χ0) is 23.4. The normalized spacial score (nSPS) is 14.4. The molecule has 174 valence electrons. The van der Waals surface area contributed by atoms with E-state index in [-0.39, 0.29) is 17.1 Å². The predicted molar refractivity (Wildman–Crippen MR) is 119 cm³/mol. The molecule has 9 heteroatoms. The van der Waals surface area contributed by atoms with Crippen LogP contribution in [0, 0.1) is 0 Å². The average molecular weight is 458 g/mol. The van der Waals surface area contributed by atoms with Crippen molar-refractivity contribution in [3.63, 3.8) is 0 Å². The van der Waals surface area contributed by atoms with Crippen molar-refractivity contribution in [2.45, 2.75) is 25.4 Å². The van der Waals surface area contributed by atoms with Crippen molar-refractivity contribution < 1.29 is 22.7 Å². The molecule has 1 fully saturated rings. The van der Waals surface area contributed by atoms with Crippen LogP contribution in [0.1, 0.15) is 34.5 Å². The molecule has 33 heavy (non-hydrogen) atoms. The minimum absolute atomic E-state index is 0.0204. The number of aromatic nitrogens is 2. The minimum Gasteiger partial charge on any atom is -0.493 e. The number of nitrogens with zero attached hydrogens (tertiary/aromatic N) is 3. The van der Waals surface area contributed by atoms with E-state index in [2.05, 4.69) is 15.3 Å². The molecule has 3 aromatic rings. The van der Waals surface area contributed by atoms with Crippen LogP contribution in [0.3, 0.4) is 0 Å². The molecule has 0 aliphatic carbocycles. The highest BCUT2D eigenvalue weighted by atomic mass is 19.4. The van der Waals surface area contributed by atoms with Crippen molar-refractivity contribution in [2.24, 2.45) is 0 Å². The number of likely N-dealkylation sites (tertiary alicyclic amines) is 1. The van der Waals surface area contributed by atoms with Gasteiger partial charge < -0.3 is 15.0 Å². The van der Waals surface area contributed by atoms with E-state index in [0.717, 1.165) is 38.2 Å². The Hall–Kier alpha value is -3.33. The van der Waals surface area contributed by atoms with E-state index >= 15 is 0 Å². The fourth-order valence-corrected chi connectivity index (χ4v) is 3.86. The zero-order valence-corrected chi connectivity index (χ0v) is 18.2. The monoisotopic (exact) mass is 458 g/mol. The molecule has 2 heterocycles. The predicted octanol–water partition coefficient (Wildman–Crippen LogP) is 4.79. The molecule has 1 aliphatic heterocycles. The van der Waals surface area contributed by atoms with E-state index in [9.17, 15) is 18.0 Å². The quantitative estimate of drug-likeness (QED) is 0.553. The fourth-order valence-electron chi connectivity index (χ4n) is 3.86. The van der Waals surface area contributed by atoms with Gasteiger partial charge in [0, 0.05) is 12.2 Å². The molecule has 1 aromatic heterocycles. The summed E-state index contributed by atoms with van der Waals surface area (Å²) >= 11 is 0. The number of alkyl halides is 3. The number of ether oxygens (including phenoxy) is 1. The lowest BCUT2D eigenvalue weighted by molar-refractivity contribution is -0.137. The number of hydrogen-bond acceptors (Lipinski definition) is 4. The van der Waals surface area contributed by atoms with Gasteiger partial charge in [0.25, 0.3) is 5.91 Å². The van der Waals surface area contributed by atoms with Gasteiger partial charge in [-0.25, -0.2) is 4.68 Å². The first-order valence-electron chi connectivity index (χ1n) is 10.8. The van der Waals surface area contributed by atoms with Gasteiger partial charge in [0.1, 0.15) is 0 Å². The Morgan fingerprint density at radius 2 is 1.85 bits per heavy atom. The maximum absolute atomic E-state index is 13.0. The molecule has 1 aliphatic rings. The summed E-state index contributed by atoms with van der Waals surface area (Å²) in [6.45, 7) is 3.34. The Morgan fingerprint density at radius 3 is 2.52 bits per heavy atom. The van der Waals surface area contributed by atoms with Crippen LogP contribution < -0.4 is 10.1 Å². The number of carbonyl (C=O) groups is 1. The van der Waals surface area contributed by atoms with Crippen LogP contribution in [0.5, 0.6) is 5.75 Å². The maximum Gasteiger partial charge on any atom is 0.416 e. The van der Waals surface area contributed by atoms with Gasteiger partial charge >= 0.3 is 6.18 Å². The molecule has 0 unspecified atom stereocenters. The summed E-state index contributed by atoms with van der Waals surface area (Å²) in [5.74, 6) is -0.352. The van der Waals surface area contributed by atoms with Crippen LogP contribution in [-0.2, 0) is 12.6 Å². The number of nitrogens with one attached hydrogen (secondary N) is 1. The number of halogens is 3. The Bertz CT molecular complexity index is 1100. The van der Waals surface area contributed by atoms with Gasteiger partial charge in [-0.15, -0.1) is 0 Å². The lowest BCUT2D eigenvalue weighted by atomic mass is 10.1. The van der Waals surface area contributed by atoms with Crippen molar-refractivity contribution in [1.82, 2.24) is 14.7 Å².